The number of nitrogens with zero attached hydrogens (tertiary/aromatic N) is 1. The van der Waals surface area contributed by atoms with E-state index >= 15 is 0 Å². The number of ketones is 1. The van der Waals surface area contributed by atoms with Gasteiger partial charge in [-0.2, -0.15) is 0 Å². The standard InChI is InChI=1S/C18H19NO4/c1-18(2)9-13(20)16(14(21)10-18)12-8-15(22)19(17(12)23)11-6-4-3-5-7-11/h3-7,12,20H,8-10H2,1-2H3/t12-/m0/s1. The van der Waals surface area contributed by atoms with Crippen molar-refractivity contribution in [2.75, 3.05) is 4.90 Å². The summed E-state index contributed by atoms with van der Waals surface area (Å²) < 4.78 is 0. The summed E-state index contributed by atoms with van der Waals surface area (Å²) in [7, 11) is 0. The summed E-state index contributed by atoms with van der Waals surface area (Å²) in [4.78, 5) is 38.5. The number of carbonyl (C=O) groups is 3. The second kappa shape index (κ2) is 5.33. The average molecular weight is 313 g/mol. The summed E-state index contributed by atoms with van der Waals surface area (Å²) in [6.07, 6.45) is 0.548. The van der Waals surface area contributed by atoms with Crippen molar-refractivity contribution in [2.45, 2.75) is 33.1 Å². The van der Waals surface area contributed by atoms with Gasteiger partial charge in [-0.25, -0.2) is 0 Å². The number of carbonyl (C=O) groups excluding carboxylic acids is 3. The van der Waals surface area contributed by atoms with Crippen molar-refractivity contribution in [3.63, 3.8) is 0 Å². The molecule has 1 aliphatic heterocycles. The first-order valence-electron chi connectivity index (χ1n) is 7.67. The van der Waals surface area contributed by atoms with Gasteiger partial charge in [0.25, 0.3) is 0 Å². The molecule has 0 aromatic heterocycles. The van der Waals surface area contributed by atoms with E-state index in [0.717, 1.165) is 4.90 Å². The van der Waals surface area contributed by atoms with Crippen LogP contribution in [0.4, 0.5) is 5.69 Å². The Morgan fingerprint density at radius 1 is 1.09 bits per heavy atom. The number of Topliss-reactive ketones (excluding diaryl/α,β-unsaturated/α-hetero) is 1. The minimum atomic E-state index is -0.869. The summed E-state index contributed by atoms with van der Waals surface area (Å²) in [6.45, 7) is 3.80. The molecule has 0 radical (unpaired) electrons. The van der Waals surface area contributed by atoms with E-state index in [0.29, 0.717) is 12.1 Å². The first-order valence-corrected chi connectivity index (χ1v) is 7.67. The van der Waals surface area contributed by atoms with E-state index < -0.39 is 11.8 Å². The van der Waals surface area contributed by atoms with Crippen molar-refractivity contribution >= 4 is 23.3 Å². The Morgan fingerprint density at radius 2 is 1.74 bits per heavy atom. The number of para-hydroxylation sites is 1. The van der Waals surface area contributed by atoms with Gasteiger partial charge in [-0.05, 0) is 17.5 Å². The highest BCUT2D eigenvalue weighted by atomic mass is 16.3. The summed E-state index contributed by atoms with van der Waals surface area (Å²) in [5.41, 5.74) is 0.296. The molecule has 2 aliphatic rings. The quantitative estimate of drug-likeness (QED) is 0.852. The largest absolute Gasteiger partial charge is 0.512 e. The zero-order valence-corrected chi connectivity index (χ0v) is 13.2. The van der Waals surface area contributed by atoms with Gasteiger partial charge in [0.2, 0.25) is 11.8 Å². The smallest absolute Gasteiger partial charge is 0.242 e. The van der Waals surface area contributed by atoms with Gasteiger partial charge in [0.15, 0.2) is 5.78 Å². The van der Waals surface area contributed by atoms with Gasteiger partial charge < -0.3 is 5.11 Å². The van der Waals surface area contributed by atoms with Crippen LogP contribution >= 0.6 is 0 Å². The molecule has 5 nitrogen and oxygen atoms in total. The molecule has 1 fully saturated rings. The monoisotopic (exact) mass is 313 g/mol. The third-order valence-corrected chi connectivity index (χ3v) is 4.41. The highest BCUT2D eigenvalue weighted by Gasteiger charge is 2.46. The number of rotatable bonds is 2. The van der Waals surface area contributed by atoms with E-state index in [-0.39, 0.29) is 41.3 Å². The Morgan fingerprint density at radius 3 is 2.35 bits per heavy atom. The summed E-state index contributed by atoms with van der Waals surface area (Å²) in [6, 6.07) is 8.64. The molecule has 1 aromatic carbocycles. The Labute approximate surface area is 134 Å². The van der Waals surface area contributed by atoms with E-state index in [1.807, 2.05) is 13.8 Å². The van der Waals surface area contributed by atoms with Crippen molar-refractivity contribution in [3.05, 3.63) is 41.7 Å². The van der Waals surface area contributed by atoms with Crippen LogP contribution in [0.25, 0.3) is 0 Å². The number of hydrogen-bond donors (Lipinski definition) is 1. The average Bonchev–Trinajstić information content (AvgIpc) is 2.73. The molecule has 0 bridgehead atoms. The van der Waals surface area contributed by atoms with Crippen molar-refractivity contribution < 1.29 is 19.5 Å². The highest BCUT2D eigenvalue weighted by molar-refractivity contribution is 6.24. The van der Waals surface area contributed by atoms with Crippen LogP contribution in [0.5, 0.6) is 0 Å². The second-order valence-electron chi connectivity index (χ2n) is 6.96. The molecule has 1 N–H and O–H groups in total. The molecule has 1 aromatic rings. The zero-order valence-electron chi connectivity index (χ0n) is 13.2. The lowest BCUT2D eigenvalue weighted by atomic mass is 9.73. The number of benzene rings is 1. The fourth-order valence-electron chi connectivity index (χ4n) is 3.40. The molecule has 5 heteroatoms. The van der Waals surface area contributed by atoms with Gasteiger partial charge >= 0.3 is 0 Å². The molecular formula is C18H19NO4. The van der Waals surface area contributed by atoms with Crippen molar-refractivity contribution in [1.29, 1.82) is 0 Å². The predicted octanol–water partition coefficient (Wildman–Crippen LogP) is 2.77. The molecule has 1 heterocycles. The van der Waals surface area contributed by atoms with Crippen molar-refractivity contribution in [3.8, 4) is 0 Å². The van der Waals surface area contributed by atoms with Crippen LogP contribution in [0.1, 0.15) is 33.1 Å². The second-order valence-corrected chi connectivity index (χ2v) is 6.96. The minimum absolute atomic E-state index is 0.0488. The summed E-state index contributed by atoms with van der Waals surface area (Å²) >= 11 is 0. The minimum Gasteiger partial charge on any atom is -0.512 e. The molecule has 120 valence electrons. The SMILES string of the molecule is CC1(C)CC(=O)C([C@@H]2CC(=O)N(c3ccccc3)C2=O)=C(O)C1. The van der Waals surface area contributed by atoms with Crippen molar-refractivity contribution in [1.82, 2.24) is 0 Å². The lowest BCUT2D eigenvalue weighted by Gasteiger charge is -2.30. The fourth-order valence-corrected chi connectivity index (χ4v) is 3.40. The van der Waals surface area contributed by atoms with Gasteiger partial charge in [-0.15, -0.1) is 0 Å². The summed E-state index contributed by atoms with van der Waals surface area (Å²) in [5.74, 6) is -1.93. The fraction of sp³-hybridized carbons (Fsp3) is 0.389. The third kappa shape index (κ3) is 2.67. The maximum absolute atomic E-state index is 12.7. The highest BCUT2D eigenvalue weighted by Crippen LogP contribution is 2.41. The van der Waals surface area contributed by atoms with E-state index in [2.05, 4.69) is 0 Å². The maximum Gasteiger partial charge on any atom is 0.242 e. The number of anilines is 1. The third-order valence-electron chi connectivity index (χ3n) is 4.41. The van der Waals surface area contributed by atoms with E-state index in [9.17, 15) is 19.5 Å². The van der Waals surface area contributed by atoms with Crippen LogP contribution < -0.4 is 4.90 Å². The lowest BCUT2D eigenvalue weighted by molar-refractivity contribution is -0.124. The van der Waals surface area contributed by atoms with Gasteiger partial charge in [-0.1, -0.05) is 32.0 Å². The molecule has 0 saturated carbocycles. The van der Waals surface area contributed by atoms with Crippen LogP contribution in [-0.4, -0.2) is 22.7 Å². The number of hydrogen-bond acceptors (Lipinski definition) is 4. The zero-order chi connectivity index (χ0) is 16.8. The molecule has 0 unspecified atom stereocenters. The molecule has 23 heavy (non-hydrogen) atoms. The van der Waals surface area contributed by atoms with Gasteiger partial charge in [0.05, 0.1) is 11.6 Å². The first-order chi connectivity index (χ1) is 10.8. The number of amides is 2. The number of aliphatic hydroxyl groups excluding tert-OH is 1. The number of imide groups is 1. The molecule has 2 amide bonds. The molecule has 0 spiro atoms. The van der Waals surface area contributed by atoms with Crippen molar-refractivity contribution in [2.24, 2.45) is 11.3 Å². The van der Waals surface area contributed by atoms with Crippen LogP contribution in [-0.2, 0) is 14.4 Å². The molecule has 1 aliphatic carbocycles. The Balaban J connectivity index is 1.95. The normalized spacial score (nSPS) is 24.5. The molecular weight excluding hydrogens is 294 g/mol. The predicted molar refractivity (Wildman–Crippen MR) is 84.7 cm³/mol. The van der Waals surface area contributed by atoms with Gasteiger partial charge in [-0.3, -0.25) is 19.3 Å². The van der Waals surface area contributed by atoms with E-state index in [4.69, 9.17) is 0 Å². The number of allylic oxidation sites excluding steroid dienone is 1. The maximum atomic E-state index is 12.7. The number of aliphatic hydroxyl groups is 1. The molecule has 1 saturated heterocycles. The molecule has 1 atom stereocenters. The van der Waals surface area contributed by atoms with Gasteiger partial charge in [0.1, 0.15) is 5.76 Å². The molecule has 3 rings (SSSR count). The van der Waals surface area contributed by atoms with Crippen LogP contribution in [0.15, 0.2) is 41.7 Å². The van der Waals surface area contributed by atoms with Crippen LogP contribution in [0, 0.1) is 11.3 Å². The first kappa shape index (κ1) is 15.5. The Kier molecular flexibility index (Phi) is 3.59. The topological polar surface area (TPSA) is 74.7 Å². The Bertz CT molecular complexity index is 718. The van der Waals surface area contributed by atoms with Gasteiger partial charge in [0, 0.05) is 24.8 Å². The van der Waals surface area contributed by atoms with Crippen LogP contribution in [0.2, 0.25) is 0 Å². The van der Waals surface area contributed by atoms with E-state index in [1.165, 1.54) is 0 Å². The lowest BCUT2D eigenvalue weighted by Crippen LogP contribution is -2.34. The summed E-state index contributed by atoms with van der Waals surface area (Å²) in [5, 5.41) is 10.3. The van der Waals surface area contributed by atoms with E-state index in [1.54, 1.807) is 30.3 Å². The Hall–Kier alpha value is -2.43. The van der Waals surface area contributed by atoms with Crippen LogP contribution in [0.3, 0.4) is 0 Å².